The number of rotatable bonds is 4. The number of hydrogen-bond donors (Lipinski definition) is 0. The summed E-state index contributed by atoms with van der Waals surface area (Å²) in [7, 11) is -0.950. The van der Waals surface area contributed by atoms with Gasteiger partial charge in [-0.2, -0.15) is 4.31 Å². The van der Waals surface area contributed by atoms with E-state index in [0.717, 1.165) is 0 Å². The van der Waals surface area contributed by atoms with Gasteiger partial charge in [0, 0.05) is 37.0 Å². The van der Waals surface area contributed by atoms with Gasteiger partial charge in [0.15, 0.2) is 5.78 Å². The number of halogens is 2. The molecule has 2 aliphatic heterocycles. The second-order valence-corrected chi connectivity index (χ2v) is 10.3. The van der Waals surface area contributed by atoms with E-state index in [9.17, 15) is 13.2 Å². The average Bonchev–Trinajstić information content (AvgIpc) is 2.74. The van der Waals surface area contributed by atoms with Crippen LogP contribution in [0.15, 0.2) is 35.2 Å². The molecule has 31 heavy (non-hydrogen) atoms. The van der Waals surface area contributed by atoms with Crippen molar-refractivity contribution in [1.82, 2.24) is 4.31 Å². The molecule has 1 spiro atoms. The number of nitrogens with zero attached hydrogens (tertiary/aromatic N) is 1. The predicted molar refractivity (Wildman–Crippen MR) is 116 cm³/mol. The van der Waals surface area contributed by atoms with Crippen LogP contribution in [0.2, 0.25) is 10.0 Å². The normalized spacial score (nSPS) is 18.4. The first-order chi connectivity index (χ1) is 14.7. The Kier molecular flexibility index (Phi) is 5.85. The Balaban J connectivity index is 1.58. The molecular formula is C21H21Cl2NO6S. The van der Waals surface area contributed by atoms with E-state index in [1.165, 1.54) is 30.7 Å². The molecule has 0 aliphatic carbocycles. The molecule has 2 aromatic carbocycles. The number of ether oxygens (including phenoxy) is 3. The van der Waals surface area contributed by atoms with E-state index in [1.807, 2.05) is 0 Å². The largest absolute Gasteiger partial charge is 0.497 e. The molecule has 0 unspecified atom stereocenters. The molecule has 166 valence electrons. The third kappa shape index (κ3) is 3.98. The molecule has 2 aromatic rings. The minimum absolute atomic E-state index is 0.0361. The van der Waals surface area contributed by atoms with Crippen molar-refractivity contribution in [1.29, 1.82) is 0 Å². The molecule has 0 saturated carbocycles. The Morgan fingerprint density at radius 1 is 1.06 bits per heavy atom. The van der Waals surface area contributed by atoms with Crippen LogP contribution >= 0.6 is 23.2 Å². The first-order valence-electron chi connectivity index (χ1n) is 9.62. The van der Waals surface area contributed by atoms with Gasteiger partial charge in [-0.25, -0.2) is 8.42 Å². The van der Waals surface area contributed by atoms with Crippen molar-refractivity contribution < 1.29 is 27.4 Å². The number of ketones is 1. The fraction of sp³-hybridized carbons (Fsp3) is 0.381. The maximum atomic E-state index is 13.3. The van der Waals surface area contributed by atoms with Crippen LogP contribution in [-0.4, -0.2) is 51.4 Å². The van der Waals surface area contributed by atoms with Gasteiger partial charge >= 0.3 is 0 Å². The predicted octanol–water partition coefficient (Wildman–Crippen LogP) is 4.20. The number of Topliss-reactive ketones (excluding diaryl/α,β-unsaturated/α-hetero) is 1. The highest BCUT2D eigenvalue weighted by atomic mass is 35.5. The van der Waals surface area contributed by atoms with Crippen molar-refractivity contribution in [2.75, 3.05) is 27.3 Å². The fourth-order valence-corrected chi connectivity index (χ4v) is 6.19. The number of hydrogen-bond acceptors (Lipinski definition) is 6. The van der Waals surface area contributed by atoms with Crippen molar-refractivity contribution >= 4 is 39.0 Å². The summed E-state index contributed by atoms with van der Waals surface area (Å²) < 4.78 is 44.6. The summed E-state index contributed by atoms with van der Waals surface area (Å²) in [5.41, 5.74) is -0.439. The van der Waals surface area contributed by atoms with E-state index in [1.54, 1.807) is 18.2 Å². The highest BCUT2D eigenvalue weighted by molar-refractivity contribution is 7.89. The van der Waals surface area contributed by atoms with Crippen LogP contribution in [-0.2, 0) is 10.0 Å². The van der Waals surface area contributed by atoms with Crippen LogP contribution in [0, 0.1) is 0 Å². The van der Waals surface area contributed by atoms with Crippen LogP contribution in [0.1, 0.15) is 29.6 Å². The Hall–Kier alpha value is -2.00. The SMILES string of the molecule is COc1ccc(OC)c(S(=O)(=O)N2CCC3(CC2)CC(=O)c2cc(Cl)cc(Cl)c2O3)c1. The lowest BCUT2D eigenvalue weighted by Gasteiger charge is -2.43. The summed E-state index contributed by atoms with van der Waals surface area (Å²) in [4.78, 5) is 12.8. The zero-order chi connectivity index (χ0) is 22.4. The number of fused-ring (bicyclic) bond motifs is 1. The highest BCUT2D eigenvalue weighted by Gasteiger charge is 2.46. The monoisotopic (exact) mass is 485 g/mol. The maximum Gasteiger partial charge on any atom is 0.246 e. The third-order valence-corrected chi connectivity index (χ3v) is 8.15. The summed E-state index contributed by atoms with van der Waals surface area (Å²) in [6.07, 6.45) is 0.846. The molecule has 1 saturated heterocycles. The quantitative estimate of drug-likeness (QED) is 0.645. The number of sulfonamides is 1. The van der Waals surface area contributed by atoms with Gasteiger partial charge in [0.05, 0.1) is 31.2 Å². The number of carbonyl (C=O) groups excluding carboxylic acids is 1. The molecule has 2 aliphatic rings. The molecule has 1 fully saturated rings. The topological polar surface area (TPSA) is 82.1 Å². The van der Waals surface area contributed by atoms with Gasteiger partial charge in [-0.1, -0.05) is 23.2 Å². The molecule has 0 atom stereocenters. The van der Waals surface area contributed by atoms with Gasteiger partial charge in [0.2, 0.25) is 10.0 Å². The number of carbonyl (C=O) groups is 1. The lowest BCUT2D eigenvalue weighted by molar-refractivity contribution is 0.00597. The second kappa shape index (κ2) is 8.16. The van der Waals surface area contributed by atoms with E-state index in [0.29, 0.717) is 34.9 Å². The van der Waals surface area contributed by atoms with E-state index in [2.05, 4.69) is 0 Å². The Morgan fingerprint density at radius 3 is 2.42 bits per heavy atom. The smallest absolute Gasteiger partial charge is 0.246 e. The molecule has 0 N–H and O–H groups in total. The summed E-state index contributed by atoms with van der Waals surface area (Å²) >= 11 is 12.3. The first kappa shape index (κ1) is 22.2. The number of methoxy groups -OCH3 is 2. The molecule has 2 heterocycles. The van der Waals surface area contributed by atoms with E-state index >= 15 is 0 Å². The summed E-state index contributed by atoms with van der Waals surface area (Å²) in [5.74, 6) is 0.853. The van der Waals surface area contributed by atoms with E-state index in [-0.39, 0.29) is 41.0 Å². The lowest BCUT2D eigenvalue weighted by atomic mass is 9.83. The van der Waals surface area contributed by atoms with Crippen LogP contribution in [0.4, 0.5) is 0 Å². The van der Waals surface area contributed by atoms with E-state index < -0.39 is 15.6 Å². The molecule has 0 amide bonds. The zero-order valence-electron chi connectivity index (χ0n) is 17.0. The van der Waals surface area contributed by atoms with Crippen molar-refractivity contribution in [3.63, 3.8) is 0 Å². The standard InChI is InChI=1S/C21H21Cl2NO6S/c1-28-14-3-4-18(29-2)19(11-14)31(26,27)24-7-5-21(6-8-24)12-17(25)15-9-13(22)10-16(23)20(15)30-21/h3-4,9-11H,5-8,12H2,1-2H3. The average molecular weight is 486 g/mol. The zero-order valence-corrected chi connectivity index (χ0v) is 19.3. The van der Waals surface area contributed by atoms with Crippen LogP contribution in [0.5, 0.6) is 17.2 Å². The van der Waals surface area contributed by atoms with Crippen LogP contribution in [0.25, 0.3) is 0 Å². The van der Waals surface area contributed by atoms with Gasteiger partial charge in [-0.05, 0) is 24.3 Å². The van der Waals surface area contributed by atoms with Gasteiger partial charge in [0.1, 0.15) is 27.7 Å². The highest BCUT2D eigenvalue weighted by Crippen LogP contribution is 2.44. The Labute approximate surface area is 190 Å². The minimum atomic E-state index is -3.84. The van der Waals surface area contributed by atoms with Crippen LogP contribution in [0.3, 0.4) is 0 Å². The molecule has 0 radical (unpaired) electrons. The van der Waals surface area contributed by atoms with Gasteiger partial charge < -0.3 is 14.2 Å². The second-order valence-electron chi connectivity index (χ2n) is 7.57. The molecule has 0 bridgehead atoms. The molecule has 4 rings (SSSR count). The third-order valence-electron chi connectivity index (χ3n) is 5.73. The minimum Gasteiger partial charge on any atom is -0.497 e. The first-order valence-corrected chi connectivity index (χ1v) is 11.8. The summed E-state index contributed by atoms with van der Waals surface area (Å²) in [6, 6.07) is 7.72. The van der Waals surface area contributed by atoms with Gasteiger partial charge in [-0.15, -0.1) is 0 Å². The number of piperidine rings is 1. The molecule has 7 nitrogen and oxygen atoms in total. The molecule has 0 aromatic heterocycles. The van der Waals surface area contributed by atoms with Crippen molar-refractivity contribution in [3.05, 3.63) is 45.9 Å². The van der Waals surface area contributed by atoms with Crippen LogP contribution < -0.4 is 14.2 Å². The molecular weight excluding hydrogens is 465 g/mol. The summed E-state index contributed by atoms with van der Waals surface area (Å²) in [5, 5.41) is 0.635. The van der Waals surface area contributed by atoms with Gasteiger partial charge in [-0.3, -0.25) is 4.79 Å². The Bertz CT molecular complexity index is 1140. The van der Waals surface area contributed by atoms with Crippen molar-refractivity contribution in [3.8, 4) is 17.2 Å². The maximum absolute atomic E-state index is 13.3. The van der Waals surface area contributed by atoms with Crippen molar-refractivity contribution in [2.45, 2.75) is 29.8 Å². The van der Waals surface area contributed by atoms with E-state index in [4.69, 9.17) is 37.4 Å². The lowest BCUT2D eigenvalue weighted by Crippen LogP contribution is -2.52. The number of benzene rings is 2. The Morgan fingerprint density at radius 2 is 1.77 bits per heavy atom. The van der Waals surface area contributed by atoms with Gasteiger partial charge in [0.25, 0.3) is 0 Å². The molecule has 10 heteroatoms. The fourth-order valence-electron chi connectivity index (χ4n) is 4.05. The van der Waals surface area contributed by atoms with Crippen molar-refractivity contribution in [2.24, 2.45) is 0 Å². The summed E-state index contributed by atoms with van der Waals surface area (Å²) in [6.45, 7) is 0.382.